The Morgan fingerprint density at radius 1 is 1.22 bits per heavy atom. The molecule has 2 rings (SSSR count). The highest BCUT2D eigenvalue weighted by Crippen LogP contribution is 2.27. The third kappa shape index (κ3) is 8.57. The molecule has 1 aromatic carbocycles. The smallest absolute Gasteiger partial charge is 0.258 e. The lowest BCUT2D eigenvalue weighted by molar-refractivity contribution is -0.170. The zero-order valence-corrected chi connectivity index (χ0v) is 24.0. The SMILES string of the molecule is CNC(=O)[C@@H](NC(=O)[C@H](CC(C)C)C(CONO)OCc1cc2c(=O)[nH]c(C)nc2cc1Br)C(C)(C)C. The number of rotatable bonds is 12. The third-order valence-corrected chi connectivity index (χ3v) is 6.67. The van der Waals surface area contributed by atoms with Gasteiger partial charge in [-0.1, -0.05) is 56.2 Å². The van der Waals surface area contributed by atoms with E-state index in [2.05, 4.69) is 36.5 Å². The van der Waals surface area contributed by atoms with Crippen LogP contribution in [-0.2, 0) is 25.8 Å². The monoisotopic (exact) mass is 583 g/mol. The summed E-state index contributed by atoms with van der Waals surface area (Å²) in [7, 11) is 1.52. The van der Waals surface area contributed by atoms with Crippen molar-refractivity contribution in [2.75, 3.05) is 13.7 Å². The van der Waals surface area contributed by atoms with Crippen LogP contribution in [0.25, 0.3) is 10.9 Å². The summed E-state index contributed by atoms with van der Waals surface area (Å²) >= 11 is 3.51. The van der Waals surface area contributed by atoms with E-state index in [-0.39, 0.29) is 36.5 Å². The van der Waals surface area contributed by atoms with E-state index in [0.29, 0.717) is 33.2 Å². The molecule has 11 nitrogen and oxygen atoms in total. The molecule has 1 aromatic heterocycles. The van der Waals surface area contributed by atoms with Gasteiger partial charge in [-0.3, -0.25) is 24.4 Å². The minimum Gasteiger partial charge on any atom is -0.370 e. The molecular weight excluding hydrogens is 546 g/mol. The number of ether oxygens (including phenoxy) is 1. The van der Waals surface area contributed by atoms with Crippen LogP contribution in [0.4, 0.5) is 0 Å². The van der Waals surface area contributed by atoms with Crippen LogP contribution in [0.1, 0.15) is 52.4 Å². The van der Waals surface area contributed by atoms with E-state index in [1.165, 1.54) is 7.05 Å². The number of likely N-dealkylation sites (N-methyl/N-ethyl adjacent to an activating group) is 1. The van der Waals surface area contributed by atoms with Crippen molar-refractivity contribution >= 4 is 38.6 Å². The maximum absolute atomic E-state index is 13.5. The highest BCUT2D eigenvalue weighted by atomic mass is 79.9. The Labute approximate surface area is 225 Å². The number of fused-ring (bicyclic) bond motifs is 1. The quantitative estimate of drug-likeness (QED) is 0.239. The maximum Gasteiger partial charge on any atom is 0.258 e. The molecule has 206 valence electrons. The highest BCUT2D eigenvalue weighted by Gasteiger charge is 2.37. The summed E-state index contributed by atoms with van der Waals surface area (Å²) in [6, 6.07) is 2.66. The normalized spacial score (nSPS) is 14.4. The fraction of sp³-hybridized carbons (Fsp3) is 0.600. The average Bonchev–Trinajstić information content (AvgIpc) is 2.80. The Morgan fingerprint density at radius 2 is 1.89 bits per heavy atom. The number of nitrogens with one attached hydrogen (secondary N) is 4. The molecule has 1 unspecified atom stereocenters. The lowest BCUT2D eigenvalue weighted by Crippen LogP contribution is -2.55. The van der Waals surface area contributed by atoms with Gasteiger partial charge in [0.2, 0.25) is 11.8 Å². The standard InChI is InChI=1S/C25H38BrN5O6/c1-13(2)8-17(23(33)30-21(24(34)27-7)25(4,5)6)20(12-37-31-35)36-11-15-9-16-19(10-18(15)26)28-14(3)29-22(16)32/h9-10,13,17,20-21,31,35H,8,11-12H2,1-7H3,(H,27,34)(H,30,33)(H,28,29,32)/t17-,20?,21-/m1/s1. The number of H-pyrrole nitrogens is 1. The predicted molar refractivity (Wildman–Crippen MR) is 143 cm³/mol. The van der Waals surface area contributed by atoms with Gasteiger partial charge in [0.05, 0.1) is 36.1 Å². The van der Waals surface area contributed by atoms with E-state index in [0.717, 1.165) is 0 Å². The third-order valence-electron chi connectivity index (χ3n) is 5.93. The molecule has 0 saturated carbocycles. The van der Waals surface area contributed by atoms with Gasteiger partial charge < -0.3 is 20.4 Å². The summed E-state index contributed by atoms with van der Waals surface area (Å²) in [6.45, 7) is 11.2. The molecule has 5 N–H and O–H groups in total. The van der Waals surface area contributed by atoms with Crippen LogP contribution in [0.3, 0.4) is 0 Å². The molecule has 2 aromatic rings. The zero-order valence-electron chi connectivity index (χ0n) is 22.4. The number of carbonyl (C=O) groups is 2. The van der Waals surface area contributed by atoms with Crippen LogP contribution >= 0.6 is 15.9 Å². The van der Waals surface area contributed by atoms with Crippen molar-refractivity contribution in [3.8, 4) is 0 Å². The zero-order chi connectivity index (χ0) is 27.9. The fourth-order valence-electron chi connectivity index (χ4n) is 4.03. The van der Waals surface area contributed by atoms with E-state index in [1.54, 1.807) is 24.7 Å². The van der Waals surface area contributed by atoms with Crippen molar-refractivity contribution in [1.29, 1.82) is 0 Å². The second-order valence-electron chi connectivity index (χ2n) is 10.5. The van der Waals surface area contributed by atoms with E-state index in [9.17, 15) is 14.4 Å². The minimum absolute atomic E-state index is 0.0450. The summed E-state index contributed by atoms with van der Waals surface area (Å²) in [5, 5.41) is 14.9. The summed E-state index contributed by atoms with van der Waals surface area (Å²) in [6.07, 6.45) is -0.345. The first-order valence-electron chi connectivity index (χ1n) is 12.1. The molecule has 3 atom stereocenters. The molecule has 0 spiro atoms. The van der Waals surface area contributed by atoms with Crippen molar-refractivity contribution in [1.82, 2.24) is 26.2 Å². The maximum atomic E-state index is 13.5. The number of hydrogen-bond donors (Lipinski definition) is 5. The lowest BCUT2D eigenvalue weighted by Gasteiger charge is -2.33. The first-order valence-corrected chi connectivity index (χ1v) is 12.9. The summed E-state index contributed by atoms with van der Waals surface area (Å²) in [4.78, 5) is 50.5. The molecule has 0 aliphatic carbocycles. The second kappa shape index (κ2) is 13.4. The summed E-state index contributed by atoms with van der Waals surface area (Å²) < 4.78 is 6.85. The van der Waals surface area contributed by atoms with Crippen LogP contribution < -0.4 is 21.8 Å². The number of aromatic nitrogens is 2. The van der Waals surface area contributed by atoms with Gasteiger partial charge >= 0.3 is 0 Å². The summed E-state index contributed by atoms with van der Waals surface area (Å²) in [5.41, 5.74) is 2.06. The first-order chi connectivity index (χ1) is 17.3. The minimum atomic E-state index is -0.788. The predicted octanol–water partition coefficient (Wildman–Crippen LogP) is 2.73. The van der Waals surface area contributed by atoms with Crippen molar-refractivity contribution in [3.05, 3.63) is 38.3 Å². The molecule has 0 fully saturated rings. The van der Waals surface area contributed by atoms with Gasteiger partial charge in [0, 0.05) is 11.5 Å². The second-order valence-corrected chi connectivity index (χ2v) is 11.4. The molecule has 2 amide bonds. The van der Waals surface area contributed by atoms with Crippen molar-refractivity contribution in [2.45, 2.75) is 66.7 Å². The van der Waals surface area contributed by atoms with Gasteiger partial charge in [-0.2, -0.15) is 0 Å². The molecule has 0 aliphatic heterocycles. The lowest BCUT2D eigenvalue weighted by atomic mass is 9.84. The van der Waals surface area contributed by atoms with Crippen molar-refractivity contribution < 1.29 is 24.4 Å². The number of halogens is 1. The van der Waals surface area contributed by atoms with E-state index >= 15 is 0 Å². The van der Waals surface area contributed by atoms with Gasteiger partial charge in [-0.05, 0) is 42.4 Å². The number of nitrogens with zero attached hydrogens (tertiary/aromatic N) is 1. The molecule has 0 saturated heterocycles. The van der Waals surface area contributed by atoms with Crippen LogP contribution in [0, 0.1) is 24.2 Å². The Kier molecular flexibility index (Phi) is 11.2. The topological polar surface area (TPSA) is 155 Å². The molecule has 12 heteroatoms. The largest absolute Gasteiger partial charge is 0.370 e. The Hall–Kier alpha value is -2.38. The van der Waals surface area contributed by atoms with Crippen LogP contribution in [0.15, 0.2) is 21.4 Å². The van der Waals surface area contributed by atoms with Crippen LogP contribution in [0.5, 0.6) is 0 Å². The van der Waals surface area contributed by atoms with E-state index in [4.69, 9.17) is 14.8 Å². The van der Waals surface area contributed by atoms with Crippen LogP contribution in [0.2, 0.25) is 0 Å². The number of carbonyl (C=O) groups excluding carboxylic acids is 2. The molecule has 0 bridgehead atoms. The van der Waals surface area contributed by atoms with Crippen molar-refractivity contribution in [2.24, 2.45) is 17.3 Å². The number of benzene rings is 1. The van der Waals surface area contributed by atoms with Gasteiger partial charge in [0.15, 0.2) is 0 Å². The van der Waals surface area contributed by atoms with Gasteiger partial charge in [-0.25, -0.2) is 4.98 Å². The van der Waals surface area contributed by atoms with Gasteiger partial charge in [-0.15, -0.1) is 0 Å². The number of hydrogen-bond acceptors (Lipinski definition) is 8. The van der Waals surface area contributed by atoms with Gasteiger partial charge in [0.25, 0.3) is 5.56 Å². The van der Waals surface area contributed by atoms with Gasteiger partial charge in [0.1, 0.15) is 11.9 Å². The van der Waals surface area contributed by atoms with Crippen molar-refractivity contribution in [3.63, 3.8) is 0 Å². The Morgan fingerprint density at radius 3 is 2.46 bits per heavy atom. The average molecular weight is 585 g/mol. The number of aryl methyl sites for hydroxylation is 1. The number of aromatic amines is 1. The highest BCUT2D eigenvalue weighted by molar-refractivity contribution is 9.10. The molecule has 37 heavy (non-hydrogen) atoms. The molecule has 0 aliphatic rings. The molecular formula is C25H38BrN5O6. The molecule has 1 heterocycles. The number of amides is 2. The van der Waals surface area contributed by atoms with E-state index < -0.39 is 23.5 Å². The van der Waals surface area contributed by atoms with Crippen LogP contribution in [-0.4, -0.2) is 52.8 Å². The first kappa shape index (κ1) is 30.8. The Bertz CT molecular complexity index is 1150. The fourth-order valence-corrected chi connectivity index (χ4v) is 4.48. The summed E-state index contributed by atoms with van der Waals surface area (Å²) in [5.74, 6) is -0.733. The van der Waals surface area contributed by atoms with E-state index in [1.807, 2.05) is 34.6 Å². The molecule has 0 radical (unpaired) electrons. The Balaban J connectivity index is 2.36.